The Balaban J connectivity index is 1.66. The van der Waals surface area contributed by atoms with Gasteiger partial charge in [-0.25, -0.2) is 0 Å². The molecule has 1 aliphatic heterocycles. The molecule has 2 aromatic heterocycles. The first-order valence-electron chi connectivity index (χ1n) is 11.7. The topological polar surface area (TPSA) is 85.5 Å². The minimum Gasteiger partial charge on any atom is -0.494 e. The Bertz CT molecular complexity index is 1460. The maximum atomic E-state index is 13.7. The summed E-state index contributed by atoms with van der Waals surface area (Å²) in [5, 5.41) is 10.1. The molecule has 4 aromatic rings. The molecule has 1 unspecified atom stereocenters. The molecule has 9 heteroatoms. The fraction of sp³-hybridized carbons (Fsp3) is 0.308. The van der Waals surface area contributed by atoms with E-state index in [1.54, 1.807) is 18.2 Å². The summed E-state index contributed by atoms with van der Waals surface area (Å²) in [6.07, 6.45) is 3.87. The number of hydrogen-bond acceptors (Lipinski definition) is 7. The number of aryl methyl sites for hydroxylation is 1. The predicted molar refractivity (Wildman–Crippen MR) is 140 cm³/mol. The van der Waals surface area contributed by atoms with E-state index < -0.39 is 11.9 Å². The van der Waals surface area contributed by atoms with Gasteiger partial charge < -0.3 is 9.15 Å². The number of rotatable bonds is 8. The largest absolute Gasteiger partial charge is 0.494 e. The summed E-state index contributed by atoms with van der Waals surface area (Å²) < 4.78 is 12.7. The number of halogens is 1. The minimum absolute atomic E-state index is 0.0392. The second-order valence-electron chi connectivity index (χ2n) is 8.35. The molecular formula is C26H24BrN3O4S. The van der Waals surface area contributed by atoms with E-state index in [2.05, 4.69) is 33.1 Å². The van der Waals surface area contributed by atoms with E-state index in [0.29, 0.717) is 40.4 Å². The van der Waals surface area contributed by atoms with E-state index in [-0.39, 0.29) is 11.2 Å². The maximum absolute atomic E-state index is 13.7. The van der Waals surface area contributed by atoms with E-state index in [1.165, 1.54) is 16.2 Å². The van der Waals surface area contributed by atoms with Crippen LogP contribution in [0, 0.1) is 0 Å². The zero-order chi connectivity index (χ0) is 24.5. The molecule has 3 heterocycles. The van der Waals surface area contributed by atoms with Crippen LogP contribution in [-0.4, -0.2) is 22.7 Å². The summed E-state index contributed by atoms with van der Waals surface area (Å²) in [7, 11) is 0. The van der Waals surface area contributed by atoms with Crippen LogP contribution in [0.3, 0.4) is 0 Å². The lowest BCUT2D eigenvalue weighted by molar-refractivity contribution is 0.0970. The summed E-state index contributed by atoms with van der Waals surface area (Å²) in [4.78, 5) is 28.9. The minimum atomic E-state index is -0.700. The number of amides is 1. The van der Waals surface area contributed by atoms with Gasteiger partial charge in [0.25, 0.3) is 5.91 Å². The number of carbonyl (C=O) groups is 1. The Labute approximate surface area is 214 Å². The molecule has 0 fully saturated rings. The molecule has 1 atom stereocenters. The van der Waals surface area contributed by atoms with Crippen LogP contribution in [0.1, 0.15) is 65.8 Å². The molecule has 0 aliphatic carbocycles. The quantitative estimate of drug-likeness (QED) is 0.238. The number of carbonyl (C=O) groups excluding carboxylic acids is 1. The van der Waals surface area contributed by atoms with Gasteiger partial charge in [0, 0.05) is 4.47 Å². The van der Waals surface area contributed by atoms with Gasteiger partial charge in [-0.15, -0.1) is 10.2 Å². The molecule has 5 rings (SSSR count). The van der Waals surface area contributed by atoms with Crippen molar-refractivity contribution < 1.29 is 13.9 Å². The van der Waals surface area contributed by atoms with Crippen LogP contribution in [0.5, 0.6) is 5.75 Å². The summed E-state index contributed by atoms with van der Waals surface area (Å²) in [5.41, 5.74) is 1.18. The average molecular weight is 554 g/mol. The first-order valence-corrected chi connectivity index (χ1v) is 13.3. The van der Waals surface area contributed by atoms with Gasteiger partial charge in [-0.3, -0.25) is 14.5 Å². The molecule has 7 nitrogen and oxygen atoms in total. The lowest BCUT2D eigenvalue weighted by Gasteiger charge is -2.22. The summed E-state index contributed by atoms with van der Waals surface area (Å²) in [6.45, 7) is 4.74. The third-order valence-corrected chi connectivity index (χ3v) is 7.55. The van der Waals surface area contributed by atoms with Crippen molar-refractivity contribution in [2.45, 2.75) is 45.6 Å². The van der Waals surface area contributed by atoms with E-state index in [0.717, 1.165) is 34.3 Å². The van der Waals surface area contributed by atoms with Crippen LogP contribution in [0.15, 0.2) is 56.1 Å². The zero-order valence-electron chi connectivity index (χ0n) is 19.4. The van der Waals surface area contributed by atoms with Crippen LogP contribution in [-0.2, 0) is 6.42 Å². The van der Waals surface area contributed by atoms with Gasteiger partial charge >= 0.3 is 0 Å². The van der Waals surface area contributed by atoms with E-state index in [9.17, 15) is 9.59 Å². The second kappa shape index (κ2) is 9.91. The van der Waals surface area contributed by atoms with Crippen molar-refractivity contribution in [3.63, 3.8) is 0 Å². The Morgan fingerprint density at radius 3 is 2.74 bits per heavy atom. The maximum Gasteiger partial charge on any atom is 0.297 e. The van der Waals surface area contributed by atoms with Crippen molar-refractivity contribution in [3.05, 3.63) is 79.1 Å². The summed E-state index contributed by atoms with van der Waals surface area (Å²) >= 11 is 4.77. The van der Waals surface area contributed by atoms with Gasteiger partial charge in [0.2, 0.25) is 10.9 Å². The van der Waals surface area contributed by atoms with Crippen molar-refractivity contribution in [1.82, 2.24) is 10.2 Å². The number of ether oxygens (including phenoxy) is 1. The molecule has 180 valence electrons. The number of fused-ring (bicyclic) bond motifs is 2. The Kier molecular flexibility index (Phi) is 6.71. The SMILES string of the molecule is CCCCCOc1cccc(C2c3c(oc4ccc(Br)cc4c3=O)C(=O)N2c2nnc(CC)s2)c1. The second-order valence-corrected chi connectivity index (χ2v) is 10.3. The molecule has 35 heavy (non-hydrogen) atoms. The molecule has 1 amide bonds. The van der Waals surface area contributed by atoms with Crippen LogP contribution in [0.2, 0.25) is 0 Å². The Morgan fingerprint density at radius 2 is 1.97 bits per heavy atom. The van der Waals surface area contributed by atoms with Gasteiger partial charge in [0.1, 0.15) is 16.3 Å². The molecule has 0 radical (unpaired) electrons. The van der Waals surface area contributed by atoms with E-state index in [4.69, 9.17) is 9.15 Å². The summed E-state index contributed by atoms with van der Waals surface area (Å²) in [6, 6.07) is 12.0. The van der Waals surface area contributed by atoms with Crippen molar-refractivity contribution in [2.75, 3.05) is 11.5 Å². The fourth-order valence-corrected chi connectivity index (χ4v) is 5.43. The Morgan fingerprint density at radius 1 is 1.11 bits per heavy atom. The van der Waals surface area contributed by atoms with E-state index in [1.807, 2.05) is 31.2 Å². The molecule has 0 saturated heterocycles. The van der Waals surface area contributed by atoms with Gasteiger partial charge in [-0.2, -0.15) is 0 Å². The molecule has 0 bridgehead atoms. The molecule has 0 N–H and O–H groups in total. The van der Waals surface area contributed by atoms with Gasteiger partial charge in [-0.1, -0.05) is 66.1 Å². The molecule has 0 spiro atoms. The fourth-order valence-electron chi connectivity index (χ4n) is 4.26. The highest BCUT2D eigenvalue weighted by atomic mass is 79.9. The van der Waals surface area contributed by atoms with Crippen molar-refractivity contribution >= 4 is 49.3 Å². The number of anilines is 1. The monoisotopic (exact) mass is 553 g/mol. The Hall–Kier alpha value is -3.04. The number of unbranched alkanes of at least 4 members (excludes halogenated alkanes) is 2. The van der Waals surface area contributed by atoms with Crippen LogP contribution in [0.4, 0.5) is 5.13 Å². The lowest BCUT2D eigenvalue weighted by atomic mass is 9.98. The third kappa shape index (κ3) is 4.38. The van der Waals surface area contributed by atoms with Crippen molar-refractivity contribution in [3.8, 4) is 5.75 Å². The van der Waals surface area contributed by atoms with Crippen molar-refractivity contribution in [1.29, 1.82) is 0 Å². The van der Waals surface area contributed by atoms with Crippen LogP contribution < -0.4 is 15.1 Å². The normalized spacial score (nSPS) is 15.1. The van der Waals surface area contributed by atoms with Crippen molar-refractivity contribution in [2.24, 2.45) is 0 Å². The molecule has 0 saturated carbocycles. The average Bonchev–Trinajstić information content (AvgIpc) is 3.45. The van der Waals surface area contributed by atoms with Crippen LogP contribution in [0.25, 0.3) is 11.0 Å². The first kappa shape index (κ1) is 23.7. The standard InChI is InChI=1S/C26H24BrN3O4S/c1-3-5-6-12-33-17-9-7-8-15(13-17)22-21-23(31)18-14-16(27)10-11-19(18)34-24(21)25(32)30(22)26-29-28-20(4-2)35-26/h7-11,13-14,22H,3-6,12H2,1-2H3. The van der Waals surface area contributed by atoms with Crippen LogP contribution >= 0.6 is 27.3 Å². The van der Waals surface area contributed by atoms with Gasteiger partial charge in [0.05, 0.1) is 23.6 Å². The lowest BCUT2D eigenvalue weighted by Crippen LogP contribution is -2.29. The van der Waals surface area contributed by atoms with Gasteiger partial charge in [0.15, 0.2) is 5.43 Å². The molecule has 2 aromatic carbocycles. The zero-order valence-corrected chi connectivity index (χ0v) is 21.8. The number of aromatic nitrogens is 2. The highest BCUT2D eigenvalue weighted by Gasteiger charge is 2.45. The molecule has 1 aliphatic rings. The number of nitrogens with zero attached hydrogens (tertiary/aromatic N) is 3. The van der Waals surface area contributed by atoms with E-state index >= 15 is 0 Å². The number of benzene rings is 2. The first-order chi connectivity index (χ1) is 17.0. The summed E-state index contributed by atoms with van der Waals surface area (Å²) in [5.74, 6) is 0.330. The molecular weight excluding hydrogens is 530 g/mol. The number of hydrogen-bond donors (Lipinski definition) is 0. The highest BCUT2D eigenvalue weighted by Crippen LogP contribution is 2.43. The highest BCUT2D eigenvalue weighted by molar-refractivity contribution is 9.10. The smallest absolute Gasteiger partial charge is 0.297 e. The predicted octanol–water partition coefficient (Wildman–Crippen LogP) is 6.29. The third-order valence-electron chi connectivity index (χ3n) is 5.99. The van der Waals surface area contributed by atoms with Gasteiger partial charge in [-0.05, 0) is 48.7 Å².